The number of nitrogens with zero attached hydrogens (tertiary/aromatic N) is 1. The largest absolute Gasteiger partial charge is 0.480 e. The maximum absolute atomic E-state index is 12.1. The van der Waals surface area contributed by atoms with Crippen molar-refractivity contribution in [2.75, 3.05) is 16.0 Å². The molecule has 8 nitrogen and oxygen atoms in total. The van der Waals surface area contributed by atoms with Crippen molar-refractivity contribution in [1.82, 2.24) is 4.98 Å². The van der Waals surface area contributed by atoms with Crippen LogP contribution in [0, 0.1) is 0 Å². The molecule has 172 valence electrons. The number of benzene rings is 2. The second-order valence-electron chi connectivity index (χ2n) is 8.62. The van der Waals surface area contributed by atoms with Gasteiger partial charge in [-0.15, -0.1) is 0 Å². The third-order valence-electron chi connectivity index (χ3n) is 6.31. The topological polar surface area (TPSA) is 120 Å². The van der Waals surface area contributed by atoms with Gasteiger partial charge in [-0.05, 0) is 48.4 Å². The number of rotatable bonds is 9. The predicted molar refractivity (Wildman–Crippen MR) is 133 cm³/mol. The lowest BCUT2D eigenvalue weighted by molar-refractivity contribution is -0.137. The van der Waals surface area contributed by atoms with Gasteiger partial charge in [-0.3, -0.25) is 9.59 Å². The summed E-state index contributed by atoms with van der Waals surface area (Å²) in [6.07, 6.45) is 4.86. The number of nitrogens with one attached hydrogen (secondary N) is 3. The minimum Gasteiger partial charge on any atom is -0.480 e. The summed E-state index contributed by atoms with van der Waals surface area (Å²) in [7, 11) is 0. The van der Waals surface area contributed by atoms with E-state index in [1.165, 1.54) is 0 Å². The highest BCUT2D eigenvalue weighted by molar-refractivity contribution is 5.93. The van der Waals surface area contributed by atoms with Crippen LogP contribution in [-0.4, -0.2) is 28.1 Å². The first kappa shape index (κ1) is 21.6. The third-order valence-corrected chi connectivity index (χ3v) is 6.31. The van der Waals surface area contributed by atoms with Crippen LogP contribution in [0.1, 0.15) is 24.8 Å². The first-order valence-electron chi connectivity index (χ1n) is 11.3. The van der Waals surface area contributed by atoms with Gasteiger partial charge in [-0.1, -0.05) is 36.4 Å². The van der Waals surface area contributed by atoms with Crippen LogP contribution in [0.4, 0.5) is 22.9 Å². The molecule has 1 fully saturated rings. The second-order valence-corrected chi connectivity index (χ2v) is 8.62. The second kappa shape index (κ2) is 8.97. The lowest BCUT2D eigenvalue weighted by Gasteiger charge is -2.29. The van der Waals surface area contributed by atoms with E-state index in [0.717, 1.165) is 47.1 Å². The van der Waals surface area contributed by atoms with Gasteiger partial charge >= 0.3 is 5.97 Å². The predicted octanol–water partition coefficient (Wildman–Crippen LogP) is 3.65. The molecule has 1 atom stereocenters. The highest BCUT2D eigenvalue weighted by atomic mass is 16.4. The van der Waals surface area contributed by atoms with Gasteiger partial charge in [0, 0.05) is 29.7 Å². The Morgan fingerprint density at radius 2 is 1.74 bits per heavy atom. The number of pyridine rings is 1. The summed E-state index contributed by atoms with van der Waals surface area (Å²) in [4.78, 5) is 40.3. The summed E-state index contributed by atoms with van der Waals surface area (Å²) in [6.45, 7) is 0. The summed E-state index contributed by atoms with van der Waals surface area (Å²) in [5.74, 6) is -0.354. The number of fused-ring (bicyclic) bond motifs is 1. The number of carboxylic acids is 1. The molecular formula is C26H24N4O4. The maximum atomic E-state index is 12.1. The average molecular weight is 457 g/mol. The van der Waals surface area contributed by atoms with E-state index >= 15 is 0 Å². The van der Waals surface area contributed by atoms with Crippen molar-refractivity contribution in [3.05, 3.63) is 86.8 Å². The maximum Gasteiger partial charge on any atom is 0.326 e. The molecule has 0 saturated heterocycles. The van der Waals surface area contributed by atoms with E-state index in [1.807, 2.05) is 54.6 Å². The van der Waals surface area contributed by atoms with Crippen LogP contribution in [0.25, 0.3) is 10.8 Å². The Morgan fingerprint density at radius 1 is 1.00 bits per heavy atom. The quantitative estimate of drug-likeness (QED) is 0.282. The van der Waals surface area contributed by atoms with E-state index < -0.39 is 22.9 Å². The van der Waals surface area contributed by atoms with Gasteiger partial charge in [-0.2, -0.15) is 0 Å². The van der Waals surface area contributed by atoms with Crippen LogP contribution >= 0.6 is 0 Å². The average Bonchev–Trinajstić information content (AvgIpc) is 2.82. The Morgan fingerprint density at radius 3 is 2.44 bits per heavy atom. The number of aromatic nitrogens is 1. The number of hydrogen-bond donors (Lipinski definition) is 4. The van der Waals surface area contributed by atoms with Gasteiger partial charge < -0.3 is 21.1 Å². The number of anilines is 4. The number of aliphatic carboxylic acids is 1. The molecular weight excluding hydrogens is 432 g/mol. The van der Waals surface area contributed by atoms with Crippen LogP contribution in [0.5, 0.6) is 0 Å². The molecule has 1 saturated carbocycles. The highest BCUT2D eigenvalue weighted by Gasteiger charge is 2.29. The first-order valence-corrected chi connectivity index (χ1v) is 11.3. The molecule has 1 aliphatic rings. The van der Waals surface area contributed by atoms with E-state index in [-0.39, 0.29) is 23.8 Å². The summed E-state index contributed by atoms with van der Waals surface area (Å²) >= 11 is 0. The molecule has 1 unspecified atom stereocenters. The van der Waals surface area contributed by atoms with E-state index in [4.69, 9.17) is 0 Å². The van der Waals surface area contributed by atoms with Crippen LogP contribution in [0.15, 0.2) is 70.4 Å². The Balaban J connectivity index is 1.28. The molecule has 34 heavy (non-hydrogen) atoms. The summed E-state index contributed by atoms with van der Waals surface area (Å²) in [6, 6.07) is 16.4. The van der Waals surface area contributed by atoms with Crippen LogP contribution in [0.3, 0.4) is 0 Å². The van der Waals surface area contributed by atoms with Crippen molar-refractivity contribution < 1.29 is 9.90 Å². The molecule has 5 rings (SSSR count). The molecule has 0 aliphatic heterocycles. The number of hydrogen-bond acceptors (Lipinski definition) is 7. The van der Waals surface area contributed by atoms with Crippen molar-refractivity contribution in [3.63, 3.8) is 0 Å². The van der Waals surface area contributed by atoms with Crippen molar-refractivity contribution >= 4 is 39.6 Å². The van der Waals surface area contributed by atoms with Gasteiger partial charge in [0.2, 0.25) is 0 Å². The van der Waals surface area contributed by atoms with E-state index in [0.29, 0.717) is 0 Å². The van der Waals surface area contributed by atoms with Gasteiger partial charge in [0.15, 0.2) is 0 Å². The lowest BCUT2D eigenvalue weighted by atomic mass is 9.92. The van der Waals surface area contributed by atoms with Gasteiger partial charge in [-0.25, -0.2) is 9.78 Å². The SMILES string of the molecule is O=C(O)C(Cc1ccc(Nc2nccc3ccccc23)cc1)Nc1c(NC2CCC2)c(=O)c1=O. The van der Waals surface area contributed by atoms with Gasteiger partial charge in [0.25, 0.3) is 10.9 Å². The van der Waals surface area contributed by atoms with E-state index in [2.05, 4.69) is 20.9 Å². The molecule has 1 aromatic heterocycles. The highest BCUT2D eigenvalue weighted by Crippen LogP contribution is 2.27. The zero-order valence-electron chi connectivity index (χ0n) is 18.4. The summed E-state index contributed by atoms with van der Waals surface area (Å²) in [5, 5.41) is 21.0. The fourth-order valence-electron chi connectivity index (χ4n) is 4.11. The number of carboxylic acid groups (broad SMARTS) is 1. The van der Waals surface area contributed by atoms with Crippen molar-refractivity contribution in [2.24, 2.45) is 0 Å². The minimum atomic E-state index is -1.09. The van der Waals surface area contributed by atoms with Gasteiger partial charge in [0.1, 0.15) is 23.2 Å². The molecule has 0 bridgehead atoms. The van der Waals surface area contributed by atoms with Crippen molar-refractivity contribution in [3.8, 4) is 0 Å². The fraction of sp³-hybridized carbons (Fsp3) is 0.231. The summed E-state index contributed by atoms with van der Waals surface area (Å²) < 4.78 is 0. The third kappa shape index (κ3) is 4.22. The molecule has 0 spiro atoms. The molecule has 0 amide bonds. The van der Waals surface area contributed by atoms with Crippen LogP contribution in [0.2, 0.25) is 0 Å². The normalized spacial score (nSPS) is 14.5. The Hall–Kier alpha value is -4.20. The molecule has 1 heterocycles. The number of carbonyl (C=O) groups is 1. The first-order chi connectivity index (χ1) is 16.5. The van der Waals surface area contributed by atoms with Crippen LogP contribution in [-0.2, 0) is 11.2 Å². The van der Waals surface area contributed by atoms with Crippen LogP contribution < -0.4 is 26.8 Å². The monoisotopic (exact) mass is 456 g/mol. The van der Waals surface area contributed by atoms with E-state index in [1.54, 1.807) is 6.20 Å². The standard InChI is InChI=1S/C26H24N4O4/c31-23-21(28-17-5-3-6-17)22(24(23)32)30-20(26(33)34)14-15-8-10-18(11-9-15)29-25-19-7-2-1-4-16(19)12-13-27-25/h1-2,4,7-13,17,20,28,30H,3,5-6,14H2,(H,27,29)(H,33,34). The molecule has 4 N–H and O–H groups in total. The summed E-state index contributed by atoms with van der Waals surface area (Å²) in [5.41, 5.74) is 0.629. The zero-order chi connectivity index (χ0) is 23.7. The van der Waals surface area contributed by atoms with E-state index in [9.17, 15) is 19.5 Å². The molecule has 4 aromatic rings. The fourth-order valence-corrected chi connectivity index (χ4v) is 4.11. The lowest BCUT2D eigenvalue weighted by Crippen LogP contribution is -2.44. The zero-order valence-corrected chi connectivity index (χ0v) is 18.4. The molecule has 1 aliphatic carbocycles. The Labute approximate surface area is 195 Å². The van der Waals surface area contributed by atoms with Gasteiger partial charge in [0.05, 0.1) is 0 Å². The molecule has 0 radical (unpaired) electrons. The van der Waals surface area contributed by atoms with Crippen molar-refractivity contribution in [2.45, 2.75) is 37.8 Å². The van der Waals surface area contributed by atoms with Crippen molar-refractivity contribution in [1.29, 1.82) is 0 Å². The Bertz CT molecular complexity index is 1410. The Kier molecular flexibility index (Phi) is 5.71. The minimum absolute atomic E-state index is 0.0737. The molecule has 8 heteroatoms. The molecule has 3 aromatic carbocycles. The smallest absolute Gasteiger partial charge is 0.326 e.